The normalized spacial score (nSPS) is 16.8. The van der Waals surface area contributed by atoms with E-state index in [1.807, 2.05) is 12.1 Å². The van der Waals surface area contributed by atoms with E-state index in [-0.39, 0.29) is 5.91 Å². The van der Waals surface area contributed by atoms with E-state index in [0.717, 1.165) is 28.2 Å². The van der Waals surface area contributed by atoms with Gasteiger partial charge in [-0.15, -0.1) is 0 Å². The molecule has 1 N–H and O–H groups in total. The molecule has 0 spiro atoms. The van der Waals surface area contributed by atoms with Crippen molar-refractivity contribution in [1.29, 1.82) is 0 Å². The molecule has 32 heavy (non-hydrogen) atoms. The van der Waals surface area contributed by atoms with Crippen molar-refractivity contribution >= 4 is 45.5 Å². The van der Waals surface area contributed by atoms with Gasteiger partial charge < -0.3 is 14.8 Å². The lowest BCUT2D eigenvalue weighted by Gasteiger charge is -2.33. The Morgan fingerprint density at radius 2 is 2.09 bits per heavy atom. The lowest BCUT2D eigenvalue weighted by molar-refractivity contribution is 0.0434. The minimum absolute atomic E-state index is 0.192. The number of pyridine rings is 1. The molecule has 1 aliphatic heterocycles. The van der Waals surface area contributed by atoms with Gasteiger partial charge in [-0.3, -0.25) is 9.78 Å². The molecule has 0 radical (unpaired) electrons. The predicted molar refractivity (Wildman–Crippen MR) is 129 cm³/mol. The van der Waals surface area contributed by atoms with E-state index in [9.17, 15) is 4.79 Å². The van der Waals surface area contributed by atoms with Gasteiger partial charge in [-0.2, -0.15) is 0 Å². The summed E-state index contributed by atoms with van der Waals surface area (Å²) in [6.07, 6.45) is 5.96. The Morgan fingerprint density at radius 1 is 1.28 bits per heavy atom. The number of carbonyl (C=O) groups excluding carboxylic acids is 1. The monoisotopic (exact) mass is 466 g/mol. The van der Waals surface area contributed by atoms with Gasteiger partial charge >= 0.3 is 0 Å². The van der Waals surface area contributed by atoms with Crippen molar-refractivity contribution in [3.8, 4) is 17.2 Å². The van der Waals surface area contributed by atoms with E-state index in [2.05, 4.69) is 10.3 Å². The van der Waals surface area contributed by atoms with Crippen LogP contribution in [0.25, 0.3) is 10.9 Å². The van der Waals surface area contributed by atoms with E-state index in [1.165, 1.54) is 12.8 Å². The number of nitrogens with one attached hydrogen (secondary N) is 1. The molecular formula is C25H23ClN2O3S. The second kappa shape index (κ2) is 8.01. The highest BCUT2D eigenvalue weighted by molar-refractivity contribution is 7.80. The molecule has 3 aromatic rings. The SMILES string of the molecule is CC1(C)NC(=O)c2cc3c(Oc4ccc(CC(=S)CC5CC5)c(Cl)c4)ccnc3cc2O1. The van der Waals surface area contributed by atoms with Crippen molar-refractivity contribution in [2.75, 3.05) is 0 Å². The van der Waals surface area contributed by atoms with Gasteiger partial charge in [-0.1, -0.05) is 29.9 Å². The van der Waals surface area contributed by atoms with Crippen LogP contribution < -0.4 is 14.8 Å². The lowest BCUT2D eigenvalue weighted by Crippen LogP contribution is -2.51. The second-order valence-electron chi connectivity index (χ2n) is 8.96. The van der Waals surface area contributed by atoms with Gasteiger partial charge in [0.1, 0.15) is 17.2 Å². The molecule has 7 heteroatoms. The van der Waals surface area contributed by atoms with Gasteiger partial charge in [-0.05, 0) is 73.7 Å². The maximum atomic E-state index is 12.6. The molecule has 0 saturated heterocycles. The van der Waals surface area contributed by atoms with Crippen LogP contribution in [0.5, 0.6) is 17.2 Å². The molecule has 2 aliphatic rings. The first kappa shape index (κ1) is 21.2. The summed E-state index contributed by atoms with van der Waals surface area (Å²) in [5.41, 5.74) is 1.37. The summed E-state index contributed by atoms with van der Waals surface area (Å²) in [6, 6.07) is 11.0. The molecule has 0 unspecified atom stereocenters. The number of hydrogen-bond donors (Lipinski definition) is 1. The highest BCUT2D eigenvalue weighted by Crippen LogP contribution is 2.37. The standard InChI is InChI=1S/C25H23ClN2O3S/c1-25(2)28-24(29)19-12-18-21(13-23(19)31-25)27-8-7-22(18)30-16-6-5-15(20(26)11-16)10-17(32)9-14-3-4-14/h5-8,11-14H,3-4,9-10H2,1-2H3,(H,28,29). The number of rotatable bonds is 6. The van der Waals surface area contributed by atoms with Crippen molar-refractivity contribution in [3.63, 3.8) is 0 Å². The van der Waals surface area contributed by atoms with Gasteiger partial charge in [0, 0.05) is 29.1 Å². The van der Waals surface area contributed by atoms with Crippen LogP contribution in [-0.2, 0) is 6.42 Å². The number of carbonyl (C=O) groups is 1. The smallest absolute Gasteiger partial charge is 0.258 e. The number of halogens is 1. The van der Waals surface area contributed by atoms with Crippen LogP contribution in [0.4, 0.5) is 0 Å². The number of hydrogen-bond acceptors (Lipinski definition) is 5. The van der Waals surface area contributed by atoms with Gasteiger partial charge in [0.25, 0.3) is 5.91 Å². The molecular weight excluding hydrogens is 444 g/mol. The number of benzene rings is 2. The lowest BCUT2D eigenvalue weighted by atomic mass is 10.0. The number of amides is 1. The van der Waals surface area contributed by atoms with Gasteiger partial charge in [0.2, 0.25) is 0 Å². The molecule has 5 rings (SSSR count). The van der Waals surface area contributed by atoms with Crippen molar-refractivity contribution in [2.45, 2.75) is 45.3 Å². The molecule has 1 aromatic heterocycles. The van der Waals surface area contributed by atoms with E-state index in [4.69, 9.17) is 33.3 Å². The third kappa shape index (κ3) is 4.43. The zero-order chi connectivity index (χ0) is 22.5. The Hall–Kier alpha value is -2.70. The van der Waals surface area contributed by atoms with Crippen LogP contribution in [0.1, 0.15) is 49.0 Å². The molecule has 164 valence electrons. The largest absolute Gasteiger partial charge is 0.468 e. The Kier molecular flexibility index (Phi) is 5.30. The van der Waals surface area contributed by atoms with Crippen LogP contribution in [0.15, 0.2) is 42.6 Å². The Balaban J connectivity index is 1.41. The Bertz CT molecular complexity index is 1250. The summed E-state index contributed by atoms with van der Waals surface area (Å²) in [6.45, 7) is 3.61. The number of nitrogens with zero attached hydrogens (tertiary/aromatic N) is 1. The molecule has 5 nitrogen and oxygen atoms in total. The highest BCUT2D eigenvalue weighted by Gasteiger charge is 2.32. The van der Waals surface area contributed by atoms with Crippen LogP contribution >= 0.6 is 23.8 Å². The molecule has 1 fully saturated rings. The van der Waals surface area contributed by atoms with Crippen LogP contribution in [0.2, 0.25) is 5.02 Å². The molecule has 1 aliphatic carbocycles. The quantitative estimate of drug-likeness (QED) is 0.435. The molecule has 1 amide bonds. The van der Waals surface area contributed by atoms with Crippen LogP contribution in [0, 0.1) is 5.92 Å². The predicted octanol–water partition coefficient (Wildman–Crippen LogP) is 6.25. The topological polar surface area (TPSA) is 60.5 Å². The first-order valence-electron chi connectivity index (χ1n) is 10.7. The Morgan fingerprint density at radius 3 is 2.84 bits per heavy atom. The molecule has 2 aromatic carbocycles. The van der Waals surface area contributed by atoms with Crippen molar-refractivity contribution in [2.24, 2.45) is 5.92 Å². The fourth-order valence-electron chi connectivity index (χ4n) is 3.93. The summed E-state index contributed by atoms with van der Waals surface area (Å²) < 4.78 is 12.0. The summed E-state index contributed by atoms with van der Waals surface area (Å²) >= 11 is 12.1. The number of ether oxygens (including phenoxy) is 2. The van der Waals surface area contributed by atoms with Crippen molar-refractivity contribution < 1.29 is 14.3 Å². The summed E-state index contributed by atoms with van der Waals surface area (Å²) in [7, 11) is 0. The first-order chi connectivity index (χ1) is 15.3. The van der Waals surface area contributed by atoms with Crippen molar-refractivity contribution in [3.05, 3.63) is 58.7 Å². The van der Waals surface area contributed by atoms with Crippen molar-refractivity contribution in [1.82, 2.24) is 10.3 Å². The zero-order valence-corrected chi connectivity index (χ0v) is 19.5. The Labute approximate surface area is 197 Å². The maximum absolute atomic E-state index is 12.6. The average molecular weight is 467 g/mol. The number of thiocarbonyl (C=S) groups is 1. The number of aromatic nitrogens is 1. The molecule has 0 bridgehead atoms. The minimum Gasteiger partial charge on any atom is -0.468 e. The van der Waals surface area contributed by atoms with E-state index in [0.29, 0.717) is 39.8 Å². The second-order valence-corrected chi connectivity index (χ2v) is 9.94. The third-order valence-electron chi connectivity index (χ3n) is 5.68. The van der Waals surface area contributed by atoms with E-state index < -0.39 is 5.72 Å². The molecule has 1 saturated carbocycles. The fraction of sp³-hybridized carbons (Fsp3) is 0.320. The van der Waals surface area contributed by atoms with Gasteiger partial charge in [-0.25, -0.2) is 0 Å². The number of fused-ring (bicyclic) bond motifs is 2. The van der Waals surface area contributed by atoms with Crippen LogP contribution in [-0.4, -0.2) is 21.5 Å². The molecule has 2 heterocycles. The average Bonchev–Trinajstić information content (AvgIpc) is 3.52. The highest BCUT2D eigenvalue weighted by atomic mass is 35.5. The summed E-state index contributed by atoms with van der Waals surface area (Å²) in [5.74, 6) is 2.28. The van der Waals surface area contributed by atoms with E-state index in [1.54, 1.807) is 44.3 Å². The van der Waals surface area contributed by atoms with Gasteiger partial charge in [0.15, 0.2) is 5.72 Å². The fourth-order valence-corrected chi connectivity index (χ4v) is 4.56. The first-order valence-corrected chi connectivity index (χ1v) is 11.5. The van der Waals surface area contributed by atoms with E-state index >= 15 is 0 Å². The summed E-state index contributed by atoms with van der Waals surface area (Å²) in [5, 5.41) is 4.19. The molecule has 0 atom stereocenters. The third-order valence-corrected chi connectivity index (χ3v) is 6.34. The minimum atomic E-state index is -0.772. The zero-order valence-electron chi connectivity index (χ0n) is 17.9. The maximum Gasteiger partial charge on any atom is 0.258 e. The van der Waals surface area contributed by atoms with Gasteiger partial charge in [0.05, 0.1) is 11.1 Å². The van der Waals surface area contributed by atoms with Crippen LogP contribution in [0.3, 0.4) is 0 Å². The summed E-state index contributed by atoms with van der Waals surface area (Å²) in [4.78, 5) is 18.1.